The second-order valence-electron chi connectivity index (χ2n) is 16.3. The van der Waals surface area contributed by atoms with Gasteiger partial charge in [-0.15, -0.1) is 0 Å². The molecule has 2 saturated carbocycles. The van der Waals surface area contributed by atoms with Gasteiger partial charge in [0.25, 0.3) is 0 Å². The van der Waals surface area contributed by atoms with Gasteiger partial charge < -0.3 is 28.4 Å². The van der Waals surface area contributed by atoms with E-state index in [0.717, 1.165) is 34.5 Å². The Kier molecular flexibility index (Phi) is 22.7. The molecule has 2 atom stereocenters. The molecular weight excluding hydrogens is 729 g/mol. The molecule has 0 N–H and O–H groups in total. The van der Waals surface area contributed by atoms with Crippen molar-refractivity contribution in [1.82, 2.24) is 0 Å². The zero-order valence-corrected chi connectivity index (χ0v) is 36.2. The van der Waals surface area contributed by atoms with Crippen LogP contribution < -0.4 is 9.47 Å². The van der Waals surface area contributed by atoms with Crippen LogP contribution in [0, 0.1) is 23.7 Å². The molecule has 322 valence electrons. The van der Waals surface area contributed by atoms with Crippen LogP contribution in [0.15, 0.2) is 72.8 Å². The van der Waals surface area contributed by atoms with E-state index in [1.54, 1.807) is 13.8 Å². The SMILES string of the molecule is CCCCC[C@H]1CC[C@H](/C=C/COc2ccc(CO[C@@H](C(=O)OCC)[C@@H](OCc3ccc(OC/C=C/[C@H]4CC[C@H](CCCCC)CC4)cc3)C(=O)OCC)cc2)CC1. The maximum atomic E-state index is 13.2. The highest BCUT2D eigenvalue weighted by atomic mass is 16.6. The summed E-state index contributed by atoms with van der Waals surface area (Å²) in [5.74, 6) is 3.25. The second-order valence-corrected chi connectivity index (χ2v) is 16.3. The lowest BCUT2D eigenvalue weighted by Crippen LogP contribution is -2.45. The zero-order valence-electron chi connectivity index (χ0n) is 36.2. The molecule has 0 radical (unpaired) electrons. The van der Waals surface area contributed by atoms with Gasteiger partial charge in [0.2, 0.25) is 0 Å². The Bertz CT molecular complexity index is 1340. The van der Waals surface area contributed by atoms with Crippen LogP contribution in [0.1, 0.15) is 142 Å². The van der Waals surface area contributed by atoms with Gasteiger partial charge in [0.05, 0.1) is 26.4 Å². The Hall–Kier alpha value is -3.62. The van der Waals surface area contributed by atoms with E-state index in [4.69, 9.17) is 28.4 Å². The molecule has 2 aliphatic carbocycles. The van der Waals surface area contributed by atoms with Gasteiger partial charge >= 0.3 is 11.9 Å². The molecule has 0 aromatic heterocycles. The van der Waals surface area contributed by atoms with E-state index in [2.05, 4.69) is 38.2 Å². The number of unbranched alkanes of at least 4 members (excludes halogenated alkanes) is 4. The number of rotatable bonds is 27. The van der Waals surface area contributed by atoms with Gasteiger partial charge in [-0.25, -0.2) is 9.59 Å². The minimum Gasteiger partial charge on any atom is -0.490 e. The summed E-state index contributed by atoms with van der Waals surface area (Å²) in [6.45, 7) is 9.38. The number of ether oxygens (including phenoxy) is 6. The molecular formula is C50H74O8. The molecule has 0 amide bonds. The molecule has 0 unspecified atom stereocenters. The van der Waals surface area contributed by atoms with E-state index in [-0.39, 0.29) is 26.4 Å². The van der Waals surface area contributed by atoms with Crippen molar-refractivity contribution in [2.45, 2.75) is 156 Å². The van der Waals surface area contributed by atoms with Crippen molar-refractivity contribution in [2.75, 3.05) is 26.4 Å². The van der Waals surface area contributed by atoms with Gasteiger partial charge in [-0.3, -0.25) is 0 Å². The molecule has 8 nitrogen and oxygen atoms in total. The summed E-state index contributed by atoms with van der Waals surface area (Å²) in [4.78, 5) is 26.3. The fourth-order valence-corrected chi connectivity index (χ4v) is 8.23. The van der Waals surface area contributed by atoms with Crippen LogP contribution in [-0.4, -0.2) is 50.6 Å². The Morgan fingerprint density at radius 1 is 0.552 bits per heavy atom. The minimum absolute atomic E-state index is 0.0604. The molecule has 8 heteroatoms. The van der Waals surface area contributed by atoms with E-state index >= 15 is 0 Å². The first-order valence-electron chi connectivity index (χ1n) is 22.7. The fraction of sp³-hybridized carbons (Fsp3) is 0.640. The summed E-state index contributed by atoms with van der Waals surface area (Å²) in [5, 5.41) is 0. The van der Waals surface area contributed by atoms with Crippen molar-refractivity contribution >= 4 is 11.9 Å². The third-order valence-corrected chi connectivity index (χ3v) is 11.7. The van der Waals surface area contributed by atoms with Crippen LogP contribution in [0.2, 0.25) is 0 Å². The van der Waals surface area contributed by atoms with Crippen LogP contribution in [-0.2, 0) is 41.8 Å². The van der Waals surface area contributed by atoms with Crippen molar-refractivity contribution < 1.29 is 38.0 Å². The standard InChI is InChI=1S/C50H74O8/c1-5-9-11-15-39-19-23-41(24-20-39)17-13-35-55-45-31-27-43(28-32-45)37-57-47(49(51)53-7-3)48(50(52)54-8-4)58-38-44-29-33-46(34-30-44)56-36-14-18-42-25-21-40(22-26-42)16-12-10-6-2/h13-14,17-18,27-34,39-42,47-48H,5-12,15-16,19-26,35-38H2,1-4H3/b17-13+,18-14+/t39-,40-,41-,42-,47-,48-/m1/s1. The Morgan fingerprint density at radius 2 is 0.931 bits per heavy atom. The normalized spacial score (nSPS) is 20.8. The summed E-state index contributed by atoms with van der Waals surface area (Å²) >= 11 is 0. The molecule has 2 aliphatic rings. The lowest BCUT2D eigenvalue weighted by Gasteiger charge is -2.26. The smallest absolute Gasteiger partial charge is 0.338 e. The van der Waals surface area contributed by atoms with Gasteiger partial charge in [0, 0.05) is 0 Å². The molecule has 0 heterocycles. The van der Waals surface area contributed by atoms with E-state index < -0.39 is 24.1 Å². The first-order chi connectivity index (χ1) is 28.4. The van der Waals surface area contributed by atoms with Gasteiger partial charge in [-0.05, 0) is 124 Å². The zero-order chi connectivity index (χ0) is 41.2. The summed E-state index contributed by atoms with van der Waals surface area (Å²) < 4.78 is 34.7. The molecule has 2 fully saturated rings. The van der Waals surface area contributed by atoms with Crippen LogP contribution in [0.3, 0.4) is 0 Å². The summed E-state index contributed by atoms with van der Waals surface area (Å²) in [6.07, 6.45) is 27.6. The Morgan fingerprint density at radius 3 is 1.28 bits per heavy atom. The quantitative estimate of drug-likeness (QED) is 0.0501. The van der Waals surface area contributed by atoms with Crippen molar-refractivity contribution in [3.8, 4) is 11.5 Å². The molecule has 2 aromatic rings. The summed E-state index contributed by atoms with van der Waals surface area (Å²) in [7, 11) is 0. The fourth-order valence-electron chi connectivity index (χ4n) is 8.23. The summed E-state index contributed by atoms with van der Waals surface area (Å²) in [5.41, 5.74) is 1.62. The van der Waals surface area contributed by atoms with Gasteiger partial charge in [-0.1, -0.05) is 114 Å². The maximum absolute atomic E-state index is 13.2. The summed E-state index contributed by atoms with van der Waals surface area (Å²) in [6, 6.07) is 15.1. The Balaban J connectivity index is 1.22. The molecule has 0 aliphatic heterocycles. The number of hydrogen-bond donors (Lipinski definition) is 0. The molecule has 2 aromatic carbocycles. The van der Waals surface area contributed by atoms with E-state index in [1.165, 1.54) is 103 Å². The highest BCUT2D eigenvalue weighted by Crippen LogP contribution is 2.34. The second kappa shape index (κ2) is 28.0. The van der Waals surface area contributed by atoms with Gasteiger partial charge in [0.1, 0.15) is 24.7 Å². The van der Waals surface area contributed by atoms with Crippen LogP contribution in [0.5, 0.6) is 11.5 Å². The predicted octanol–water partition coefficient (Wildman–Crippen LogP) is 11.9. The third kappa shape index (κ3) is 17.7. The number of allylic oxidation sites excluding steroid dienone is 2. The molecule has 0 saturated heterocycles. The average Bonchev–Trinajstić information content (AvgIpc) is 3.24. The number of esters is 2. The number of hydrogen-bond acceptors (Lipinski definition) is 8. The predicted molar refractivity (Wildman–Crippen MR) is 232 cm³/mol. The van der Waals surface area contributed by atoms with E-state index in [1.807, 2.05) is 48.5 Å². The van der Waals surface area contributed by atoms with Crippen molar-refractivity contribution in [3.63, 3.8) is 0 Å². The topological polar surface area (TPSA) is 89.5 Å². The Labute approximate surface area is 350 Å². The third-order valence-electron chi connectivity index (χ3n) is 11.7. The first kappa shape index (κ1) is 47.1. The number of carbonyl (C=O) groups excluding carboxylic acids is 2. The van der Waals surface area contributed by atoms with Crippen molar-refractivity contribution in [3.05, 3.63) is 84.0 Å². The monoisotopic (exact) mass is 803 g/mol. The molecule has 58 heavy (non-hydrogen) atoms. The molecule has 4 rings (SSSR count). The van der Waals surface area contributed by atoms with Gasteiger partial charge in [0.15, 0.2) is 12.2 Å². The van der Waals surface area contributed by atoms with Crippen LogP contribution in [0.25, 0.3) is 0 Å². The largest absolute Gasteiger partial charge is 0.490 e. The first-order valence-corrected chi connectivity index (χ1v) is 22.7. The van der Waals surface area contributed by atoms with Crippen LogP contribution >= 0.6 is 0 Å². The highest BCUT2D eigenvalue weighted by molar-refractivity contribution is 5.85. The van der Waals surface area contributed by atoms with E-state index in [9.17, 15) is 9.59 Å². The molecule has 0 spiro atoms. The van der Waals surface area contributed by atoms with Crippen molar-refractivity contribution in [2.24, 2.45) is 23.7 Å². The molecule has 0 bridgehead atoms. The lowest BCUT2D eigenvalue weighted by atomic mass is 9.79. The highest BCUT2D eigenvalue weighted by Gasteiger charge is 2.38. The minimum atomic E-state index is -1.32. The maximum Gasteiger partial charge on any atom is 0.338 e. The van der Waals surface area contributed by atoms with E-state index in [0.29, 0.717) is 25.0 Å². The van der Waals surface area contributed by atoms with Crippen molar-refractivity contribution in [1.29, 1.82) is 0 Å². The van der Waals surface area contributed by atoms with Gasteiger partial charge in [-0.2, -0.15) is 0 Å². The van der Waals surface area contributed by atoms with Crippen LogP contribution in [0.4, 0.5) is 0 Å². The number of carbonyl (C=O) groups is 2. The lowest BCUT2D eigenvalue weighted by molar-refractivity contribution is -0.185. The average molecular weight is 803 g/mol. The number of benzene rings is 2.